The van der Waals surface area contributed by atoms with Crippen LogP contribution in [0.2, 0.25) is 0 Å². The van der Waals surface area contributed by atoms with Crippen LogP contribution < -0.4 is 10.2 Å². The molecular formula is C19H25F3N4O3. The first kappa shape index (κ1) is 21.2. The van der Waals surface area contributed by atoms with E-state index in [4.69, 9.17) is 4.74 Å². The van der Waals surface area contributed by atoms with Gasteiger partial charge in [-0.15, -0.1) is 0 Å². The van der Waals surface area contributed by atoms with Crippen LogP contribution in [0.1, 0.15) is 18.4 Å². The monoisotopic (exact) mass is 414 g/mol. The normalized spacial score (nSPS) is 18.1. The van der Waals surface area contributed by atoms with Gasteiger partial charge >= 0.3 is 12.3 Å². The van der Waals surface area contributed by atoms with E-state index in [-0.39, 0.29) is 12.1 Å². The molecule has 1 aromatic carbocycles. The maximum atomic E-state index is 13.6. The molecule has 0 spiro atoms. The van der Waals surface area contributed by atoms with Crippen LogP contribution in [0.4, 0.5) is 29.3 Å². The average molecular weight is 414 g/mol. The van der Waals surface area contributed by atoms with E-state index in [1.165, 1.54) is 11.0 Å². The van der Waals surface area contributed by atoms with Crippen LogP contribution in [0.15, 0.2) is 18.2 Å². The van der Waals surface area contributed by atoms with E-state index in [1.54, 1.807) is 6.07 Å². The van der Waals surface area contributed by atoms with Crippen molar-refractivity contribution < 1.29 is 27.5 Å². The van der Waals surface area contributed by atoms with E-state index in [9.17, 15) is 22.8 Å². The van der Waals surface area contributed by atoms with Crippen molar-refractivity contribution >= 4 is 23.4 Å². The first-order valence-corrected chi connectivity index (χ1v) is 9.60. The predicted octanol–water partition coefficient (Wildman–Crippen LogP) is 2.63. The second-order valence-electron chi connectivity index (χ2n) is 7.27. The number of likely N-dealkylation sites (N-methyl/N-ethyl adjacent to an activating group) is 1. The summed E-state index contributed by atoms with van der Waals surface area (Å²) in [6, 6.07) is 4.02. The summed E-state index contributed by atoms with van der Waals surface area (Å²) in [6.45, 7) is 3.98. The molecule has 3 rings (SSSR count). The Kier molecular flexibility index (Phi) is 6.51. The molecule has 2 aliphatic heterocycles. The van der Waals surface area contributed by atoms with Gasteiger partial charge in [0.15, 0.2) is 0 Å². The van der Waals surface area contributed by atoms with Crippen LogP contribution in [0.5, 0.6) is 0 Å². The first-order chi connectivity index (χ1) is 13.7. The molecule has 2 fully saturated rings. The number of cyclic esters (lactones) is 1. The van der Waals surface area contributed by atoms with E-state index in [2.05, 4.69) is 10.2 Å². The molecule has 2 amide bonds. The minimum atomic E-state index is -4.58. The van der Waals surface area contributed by atoms with Crippen molar-refractivity contribution in [3.05, 3.63) is 23.8 Å². The Labute approximate surface area is 167 Å². The third-order valence-electron chi connectivity index (χ3n) is 5.13. The molecule has 1 N–H and O–H groups in total. The molecule has 29 heavy (non-hydrogen) atoms. The lowest BCUT2D eigenvalue weighted by Gasteiger charge is -2.34. The number of carbonyl (C=O) groups excluding carboxylic acids is 2. The van der Waals surface area contributed by atoms with Crippen molar-refractivity contribution in [3.63, 3.8) is 0 Å². The number of carbonyl (C=O) groups is 2. The van der Waals surface area contributed by atoms with Crippen molar-refractivity contribution in [3.8, 4) is 0 Å². The molecule has 0 saturated carbocycles. The maximum absolute atomic E-state index is 13.6. The summed E-state index contributed by atoms with van der Waals surface area (Å²) in [5.41, 5.74) is -0.609. The van der Waals surface area contributed by atoms with Crippen molar-refractivity contribution in [1.82, 2.24) is 9.80 Å². The first-order valence-electron chi connectivity index (χ1n) is 9.60. The fourth-order valence-electron chi connectivity index (χ4n) is 3.41. The highest BCUT2D eigenvalue weighted by molar-refractivity contribution is 5.92. The summed E-state index contributed by atoms with van der Waals surface area (Å²) >= 11 is 0. The van der Waals surface area contributed by atoms with Crippen LogP contribution in [0.3, 0.4) is 0 Å². The SMILES string of the molecule is CN1CCN(c2ccc(NC(=O)CCCN3CCOC3=O)c(C(F)(F)F)c2)CC1. The molecule has 0 radical (unpaired) electrons. The minimum absolute atomic E-state index is 0.0152. The second kappa shape index (κ2) is 8.89. The summed E-state index contributed by atoms with van der Waals surface area (Å²) in [7, 11) is 1.98. The third-order valence-corrected chi connectivity index (χ3v) is 5.13. The summed E-state index contributed by atoms with van der Waals surface area (Å²) in [4.78, 5) is 29.0. The molecule has 10 heteroatoms. The number of hydrogen-bond donors (Lipinski definition) is 1. The molecule has 7 nitrogen and oxygen atoms in total. The van der Waals surface area contributed by atoms with Crippen LogP contribution in [0.25, 0.3) is 0 Å². The standard InChI is InChI=1S/C19H25F3N4O3/c1-24-7-9-25(10-8-24)14-4-5-16(15(13-14)19(20,21)22)23-17(27)3-2-6-26-11-12-29-18(26)28/h4-5,13H,2-3,6-12H2,1H3,(H,23,27). The molecule has 2 saturated heterocycles. The summed E-state index contributed by atoms with van der Waals surface area (Å²) in [6.07, 6.45) is -4.64. The van der Waals surface area contributed by atoms with E-state index < -0.39 is 23.7 Å². The number of ether oxygens (including phenoxy) is 1. The average Bonchev–Trinajstić information content (AvgIpc) is 3.07. The number of anilines is 2. The molecular weight excluding hydrogens is 389 g/mol. The van der Waals surface area contributed by atoms with Gasteiger partial charge in [-0.05, 0) is 31.7 Å². The molecule has 0 bridgehead atoms. The topological polar surface area (TPSA) is 65.1 Å². The quantitative estimate of drug-likeness (QED) is 0.775. The molecule has 1 aromatic rings. The van der Waals surface area contributed by atoms with Gasteiger partial charge in [-0.1, -0.05) is 0 Å². The van der Waals surface area contributed by atoms with Crippen LogP contribution >= 0.6 is 0 Å². The lowest BCUT2D eigenvalue weighted by molar-refractivity contribution is -0.136. The largest absolute Gasteiger partial charge is 0.448 e. The zero-order valence-electron chi connectivity index (χ0n) is 16.3. The lowest BCUT2D eigenvalue weighted by Crippen LogP contribution is -2.44. The number of piperazine rings is 1. The van der Waals surface area contributed by atoms with Gasteiger partial charge in [-0.25, -0.2) is 4.79 Å². The Balaban J connectivity index is 1.63. The van der Waals surface area contributed by atoms with E-state index in [0.29, 0.717) is 44.9 Å². The summed E-state index contributed by atoms with van der Waals surface area (Å²) in [5.74, 6) is -0.518. The molecule has 160 valence electrons. The number of nitrogens with zero attached hydrogens (tertiary/aromatic N) is 3. The summed E-state index contributed by atoms with van der Waals surface area (Å²) in [5, 5.41) is 2.37. The number of amides is 2. The number of alkyl halides is 3. The third kappa shape index (κ3) is 5.53. The van der Waals surface area contributed by atoms with E-state index >= 15 is 0 Å². The fraction of sp³-hybridized carbons (Fsp3) is 0.579. The fourth-order valence-corrected chi connectivity index (χ4v) is 3.41. The van der Waals surface area contributed by atoms with Crippen LogP contribution in [0, 0.1) is 0 Å². The van der Waals surface area contributed by atoms with Crippen LogP contribution in [-0.4, -0.2) is 74.7 Å². The number of rotatable bonds is 6. The zero-order chi connectivity index (χ0) is 21.0. The minimum Gasteiger partial charge on any atom is -0.448 e. The Morgan fingerprint density at radius 3 is 2.52 bits per heavy atom. The van der Waals surface area contributed by atoms with Gasteiger partial charge in [0.1, 0.15) is 6.61 Å². The number of hydrogen-bond acceptors (Lipinski definition) is 5. The highest BCUT2D eigenvalue weighted by atomic mass is 19.4. The number of benzene rings is 1. The Morgan fingerprint density at radius 1 is 1.17 bits per heavy atom. The van der Waals surface area contributed by atoms with E-state index in [0.717, 1.165) is 19.2 Å². The van der Waals surface area contributed by atoms with Gasteiger partial charge in [-0.2, -0.15) is 13.2 Å². The number of halogens is 3. The van der Waals surface area contributed by atoms with Gasteiger partial charge in [0, 0.05) is 44.8 Å². The predicted molar refractivity (Wildman–Crippen MR) is 102 cm³/mol. The zero-order valence-corrected chi connectivity index (χ0v) is 16.3. The highest BCUT2D eigenvalue weighted by Crippen LogP contribution is 2.37. The highest BCUT2D eigenvalue weighted by Gasteiger charge is 2.35. The second-order valence-corrected chi connectivity index (χ2v) is 7.27. The van der Waals surface area contributed by atoms with Crippen molar-refractivity contribution in [1.29, 1.82) is 0 Å². The Hall–Kier alpha value is -2.49. The Morgan fingerprint density at radius 2 is 1.90 bits per heavy atom. The van der Waals surface area contributed by atoms with Gasteiger partial charge in [0.05, 0.1) is 17.8 Å². The molecule has 2 heterocycles. The van der Waals surface area contributed by atoms with Crippen molar-refractivity contribution in [2.24, 2.45) is 0 Å². The maximum Gasteiger partial charge on any atom is 0.418 e. The van der Waals surface area contributed by atoms with Crippen molar-refractivity contribution in [2.45, 2.75) is 19.0 Å². The lowest BCUT2D eigenvalue weighted by atomic mass is 10.1. The summed E-state index contributed by atoms with van der Waals surface area (Å²) < 4.78 is 45.5. The van der Waals surface area contributed by atoms with Crippen LogP contribution in [-0.2, 0) is 15.7 Å². The molecule has 0 atom stereocenters. The molecule has 0 unspecified atom stereocenters. The van der Waals surface area contributed by atoms with Gasteiger partial charge in [-0.3, -0.25) is 4.79 Å². The van der Waals surface area contributed by atoms with Gasteiger partial charge in [0.25, 0.3) is 0 Å². The number of nitrogens with one attached hydrogen (secondary N) is 1. The van der Waals surface area contributed by atoms with Gasteiger partial charge < -0.3 is 24.8 Å². The smallest absolute Gasteiger partial charge is 0.418 e. The Bertz CT molecular complexity index is 749. The van der Waals surface area contributed by atoms with Crippen molar-refractivity contribution in [2.75, 3.05) is 63.1 Å². The van der Waals surface area contributed by atoms with Gasteiger partial charge in [0.2, 0.25) is 5.91 Å². The molecule has 2 aliphatic rings. The molecule has 0 aliphatic carbocycles. The van der Waals surface area contributed by atoms with E-state index in [1.807, 2.05) is 11.9 Å². The molecule has 0 aromatic heterocycles.